The molecule has 3 rings (SSSR count). The molecule has 0 aliphatic rings. The number of halogens is 3. The summed E-state index contributed by atoms with van der Waals surface area (Å²) in [7, 11) is 0. The highest BCUT2D eigenvalue weighted by molar-refractivity contribution is 6.42. The molecule has 0 fully saturated rings. The first-order valence-corrected chi connectivity index (χ1v) is 10.0. The minimum absolute atomic E-state index is 0.0118. The van der Waals surface area contributed by atoms with Gasteiger partial charge >= 0.3 is 5.97 Å². The van der Waals surface area contributed by atoms with Crippen molar-refractivity contribution in [2.24, 2.45) is 0 Å². The number of ether oxygens (including phenoxy) is 1. The van der Waals surface area contributed by atoms with Crippen molar-refractivity contribution in [3.63, 3.8) is 0 Å². The van der Waals surface area contributed by atoms with E-state index >= 15 is 0 Å². The molecule has 3 nitrogen and oxygen atoms in total. The third-order valence-electron chi connectivity index (χ3n) is 4.73. The predicted octanol–water partition coefficient (Wildman–Crippen LogP) is 6.38. The fourth-order valence-electron chi connectivity index (χ4n) is 3.18. The van der Waals surface area contributed by atoms with Gasteiger partial charge in [-0.2, -0.15) is 0 Å². The van der Waals surface area contributed by atoms with Crippen molar-refractivity contribution < 1.29 is 14.3 Å². The molecule has 0 saturated carbocycles. The highest BCUT2D eigenvalue weighted by atomic mass is 35.5. The molecular weight excluding hydrogens is 431 g/mol. The Morgan fingerprint density at radius 3 is 2.21 bits per heavy atom. The molecule has 1 atom stereocenters. The Bertz CT molecular complexity index is 1020. The highest BCUT2D eigenvalue weighted by Crippen LogP contribution is 2.40. The summed E-state index contributed by atoms with van der Waals surface area (Å²) in [6.07, 6.45) is 1.00. The number of rotatable bonds is 7. The quantitative estimate of drug-likeness (QED) is 0.312. The van der Waals surface area contributed by atoms with Crippen LogP contribution in [0.3, 0.4) is 0 Å². The molecule has 0 amide bonds. The topological polar surface area (TPSA) is 43.4 Å². The van der Waals surface area contributed by atoms with Crippen LogP contribution in [-0.4, -0.2) is 18.9 Å². The number of hydrogen-bond donors (Lipinski definition) is 0. The van der Waals surface area contributed by atoms with E-state index in [9.17, 15) is 9.59 Å². The molecule has 0 saturated heterocycles. The molecule has 148 valence electrons. The molecule has 6 heteroatoms. The SMILES string of the molecule is O=CC(CCOC(=O)c1ccccc1)(c1ccc(Cl)c(Cl)c1)c1ccccc1Cl. The second kappa shape index (κ2) is 9.45. The molecule has 0 aromatic heterocycles. The summed E-state index contributed by atoms with van der Waals surface area (Å²) in [6.45, 7) is 0.0118. The van der Waals surface area contributed by atoms with E-state index in [2.05, 4.69) is 0 Å². The van der Waals surface area contributed by atoms with Gasteiger partial charge in [-0.1, -0.05) is 77.3 Å². The number of benzene rings is 3. The number of aldehydes is 1. The van der Waals surface area contributed by atoms with E-state index in [-0.39, 0.29) is 13.0 Å². The zero-order valence-electron chi connectivity index (χ0n) is 15.3. The van der Waals surface area contributed by atoms with Gasteiger partial charge in [-0.3, -0.25) is 0 Å². The van der Waals surface area contributed by atoms with Crippen LogP contribution in [0.25, 0.3) is 0 Å². The summed E-state index contributed by atoms with van der Waals surface area (Å²) in [5.74, 6) is -0.460. The van der Waals surface area contributed by atoms with Crippen LogP contribution >= 0.6 is 34.8 Å². The molecule has 0 aliphatic carbocycles. The van der Waals surface area contributed by atoms with Crippen LogP contribution < -0.4 is 0 Å². The van der Waals surface area contributed by atoms with E-state index in [0.29, 0.717) is 31.8 Å². The first kappa shape index (κ1) is 21.4. The lowest BCUT2D eigenvalue weighted by Crippen LogP contribution is -2.32. The lowest BCUT2D eigenvalue weighted by atomic mass is 9.73. The maximum Gasteiger partial charge on any atom is 0.338 e. The number of esters is 1. The van der Waals surface area contributed by atoms with Crippen LogP contribution in [0.2, 0.25) is 15.1 Å². The second-order valence-corrected chi connectivity index (χ2v) is 7.67. The van der Waals surface area contributed by atoms with Gasteiger partial charge in [0, 0.05) is 11.4 Å². The molecule has 0 spiro atoms. The Morgan fingerprint density at radius 1 is 0.862 bits per heavy atom. The van der Waals surface area contributed by atoms with Gasteiger partial charge in [-0.25, -0.2) is 4.79 Å². The molecule has 0 bridgehead atoms. The van der Waals surface area contributed by atoms with Gasteiger partial charge in [-0.15, -0.1) is 0 Å². The summed E-state index contributed by atoms with van der Waals surface area (Å²) in [5.41, 5.74) is 0.511. The Labute approximate surface area is 184 Å². The summed E-state index contributed by atoms with van der Waals surface area (Å²) in [4.78, 5) is 24.7. The Hall–Kier alpha value is -2.33. The average molecular weight is 448 g/mol. The van der Waals surface area contributed by atoms with Crippen LogP contribution in [0.5, 0.6) is 0 Å². The monoisotopic (exact) mass is 446 g/mol. The molecule has 3 aromatic rings. The number of carbonyl (C=O) groups is 2. The van der Waals surface area contributed by atoms with Crippen LogP contribution in [0, 0.1) is 0 Å². The van der Waals surface area contributed by atoms with Crippen LogP contribution in [-0.2, 0) is 14.9 Å². The molecule has 0 radical (unpaired) electrons. The summed E-state index contributed by atoms with van der Waals surface area (Å²) in [6, 6.07) is 20.7. The molecule has 0 aliphatic heterocycles. The Morgan fingerprint density at radius 2 is 1.55 bits per heavy atom. The fraction of sp³-hybridized carbons (Fsp3) is 0.130. The molecular formula is C23H17Cl3O3. The normalized spacial score (nSPS) is 12.8. The van der Waals surface area contributed by atoms with Crippen molar-refractivity contribution >= 4 is 47.1 Å². The minimum Gasteiger partial charge on any atom is -0.462 e. The lowest BCUT2D eigenvalue weighted by molar-refractivity contribution is -0.111. The minimum atomic E-state index is -1.15. The van der Waals surface area contributed by atoms with Gasteiger partial charge in [-0.05, 0) is 41.5 Å². The second-order valence-electron chi connectivity index (χ2n) is 6.45. The first-order chi connectivity index (χ1) is 14.0. The van der Waals surface area contributed by atoms with Gasteiger partial charge in [0.25, 0.3) is 0 Å². The van der Waals surface area contributed by atoms with Crippen molar-refractivity contribution in [1.82, 2.24) is 0 Å². The first-order valence-electron chi connectivity index (χ1n) is 8.87. The van der Waals surface area contributed by atoms with E-state index in [4.69, 9.17) is 39.5 Å². The predicted molar refractivity (Wildman–Crippen MR) is 116 cm³/mol. The Kier molecular flexibility index (Phi) is 6.96. The molecule has 0 N–H and O–H groups in total. The third kappa shape index (κ3) is 4.64. The van der Waals surface area contributed by atoms with E-state index in [1.807, 2.05) is 6.07 Å². The maximum atomic E-state index is 12.4. The molecule has 1 unspecified atom stereocenters. The summed E-state index contributed by atoms with van der Waals surface area (Å²) < 4.78 is 5.42. The highest BCUT2D eigenvalue weighted by Gasteiger charge is 2.36. The number of carbonyl (C=O) groups excluding carboxylic acids is 2. The van der Waals surface area contributed by atoms with E-state index in [1.54, 1.807) is 66.7 Å². The molecule has 29 heavy (non-hydrogen) atoms. The zero-order chi connectivity index (χ0) is 20.9. The van der Waals surface area contributed by atoms with Crippen molar-refractivity contribution in [2.45, 2.75) is 11.8 Å². The van der Waals surface area contributed by atoms with Crippen LogP contribution in [0.4, 0.5) is 0 Å². The summed E-state index contributed by atoms with van der Waals surface area (Å²) in [5, 5.41) is 1.13. The molecule has 0 heterocycles. The smallest absolute Gasteiger partial charge is 0.338 e. The van der Waals surface area contributed by atoms with Gasteiger partial charge in [0.2, 0.25) is 0 Å². The van der Waals surface area contributed by atoms with Crippen molar-refractivity contribution in [3.05, 3.63) is 105 Å². The van der Waals surface area contributed by atoms with E-state index in [0.717, 1.165) is 6.29 Å². The zero-order valence-corrected chi connectivity index (χ0v) is 17.5. The third-order valence-corrected chi connectivity index (χ3v) is 5.80. The number of hydrogen-bond acceptors (Lipinski definition) is 3. The maximum absolute atomic E-state index is 12.4. The fourth-order valence-corrected chi connectivity index (χ4v) is 3.79. The van der Waals surface area contributed by atoms with Crippen molar-refractivity contribution in [2.75, 3.05) is 6.61 Å². The van der Waals surface area contributed by atoms with Gasteiger partial charge in [0.15, 0.2) is 0 Å². The van der Waals surface area contributed by atoms with Gasteiger partial charge < -0.3 is 9.53 Å². The molecule has 3 aromatic carbocycles. The largest absolute Gasteiger partial charge is 0.462 e. The van der Waals surface area contributed by atoms with E-state index < -0.39 is 11.4 Å². The van der Waals surface area contributed by atoms with Crippen molar-refractivity contribution in [3.8, 4) is 0 Å². The lowest BCUT2D eigenvalue weighted by Gasteiger charge is -2.30. The summed E-state index contributed by atoms with van der Waals surface area (Å²) >= 11 is 18.7. The van der Waals surface area contributed by atoms with Gasteiger partial charge in [0.1, 0.15) is 6.29 Å². The standard InChI is InChI=1S/C23H17Cl3O3/c24-19-9-5-4-8-18(19)23(15-27,17-10-11-20(25)21(26)14-17)12-13-29-22(28)16-6-2-1-3-7-16/h1-11,14-15H,12-13H2. The van der Waals surface area contributed by atoms with Crippen LogP contribution in [0.1, 0.15) is 27.9 Å². The van der Waals surface area contributed by atoms with E-state index in [1.165, 1.54) is 0 Å². The average Bonchev–Trinajstić information content (AvgIpc) is 2.74. The van der Waals surface area contributed by atoms with Crippen molar-refractivity contribution in [1.29, 1.82) is 0 Å². The van der Waals surface area contributed by atoms with Gasteiger partial charge in [0.05, 0.1) is 27.6 Å². The Balaban J connectivity index is 1.94. The van der Waals surface area contributed by atoms with Crippen LogP contribution in [0.15, 0.2) is 72.8 Å².